The van der Waals surface area contributed by atoms with Gasteiger partial charge < -0.3 is 10.2 Å². The van der Waals surface area contributed by atoms with Crippen LogP contribution in [0, 0.1) is 5.92 Å². The number of piperidine rings is 2. The third-order valence-electron chi connectivity index (χ3n) is 4.58. The predicted molar refractivity (Wildman–Crippen MR) is 81.8 cm³/mol. The van der Waals surface area contributed by atoms with Crippen LogP contribution in [0.1, 0.15) is 37.7 Å². The Morgan fingerprint density at radius 2 is 1.79 bits per heavy atom. The maximum atomic E-state index is 3.51. The van der Waals surface area contributed by atoms with Gasteiger partial charge in [-0.25, -0.2) is 0 Å². The molecule has 2 aliphatic heterocycles. The van der Waals surface area contributed by atoms with Crippen LogP contribution < -0.4 is 10.2 Å². The molecule has 2 aliphatic rings. The van der Waals surface area contributed by atoms with Crippen molar-refractivity contribution in [3.05, 3.63) is 29.8 Å². The van der Waals surface area contributed by atoms with E-state index in [0.29, 0.717) is 0 Å². The van der Waals surface area contributed by atoms with Gasteiger partial charge >= 0.3 is 0 Å². The molecule has 19 heavy (non-hydrogen) atoms. The molecule has 0 saturated carbocycles. The fourth-order valence-corrected chi connectivity index (χ4v) is 3.43. The van der Waals surface area contributed by atoms with Gasteiger partial charge in [0.25, 0.3) is 0 Å². The summed E-state index contributed by atoms with van der Waals surface area (Å²) in [7, 11) is 0. The average Bonchev–Trinajstić information content (AvgIpc) is 2.50. The Balaban J connectivity index is 1.58. The number of benzene rings is 1. The standard InChI is InChI=1S/C17H26N2/c1-2-11-19(12-3-1)17-8-6-15(7-9-17)13-16-5-4-10-18-14-16/h6-9,16,18H,1-5,10-14H2. The minimum atomic E-state index is 0.842. The van der Waals surface area contributed by atoms with Crippen LogP contribution in [-0.2, 0) is 6.42 Å². The highest BCUT2D eigenvalue weighted by atomic mass is 15.1. The molecule has 0 amide bonds. The Labute approximate surface area is 117 Å². The van der Waals surface area contributed by atoms with Crippen molar-refractivity contribution in [2.24, 2.45) is 5.92 Å². The fourth-order valence-electron chi connectivity index (χ4n) is 3.43. The molecule has 1 aromatic rings. The summed E-state index contributed by atoms with van der Waals surface area (Å²) in [5, 5.41) is 3.51. The van der Waals surface area contributed by atoms with Crippen molar-refractivity contribution >= 4 is 5.69 Å². The van der Waals surface area contributed by atoms with Gasteiger partial charge in [0.05, 0.1) is 0 Å². The quantitative estimate of drug-likeness (QED) is 0.895. The number of anilines is 1. The van der Waals surface area contributed by atoms with E-state index in [-0.39, 0.29) is 0 Å². The van der Waals surface area contributed by atoms with Crippen molar-refractivity contribution < 1.29 is 0 Å². The van der Waals surface area contributed by atoms with Crippen molar-refractivity contribution in [2.75, 3.05) is 31.1 Å². The van der Waals surface area contributed by atoms with E-state index in [2.05, 4.69) is 34.5 Å². The second-order valence-corrected chi connectivity index (χ2v) is 6.13. The Morgan fingerprint density at radius 1 is 1.00 bits per heavy atom. The van der Waals surface area contributed by atoms with E-state index in [1.807, 2.05) is 0 Å². The normalized spacial score (nSPS) is 24.4. The number of nitrogens with zero attached hydrogens (tertiary/aromatic N) is 1. The molecule has 0 aromatic heterocycles. The lowest BCUT2D eigenvalue weighted by Crippen LogP contribution is -2.31. The fraction of sp³-hybridized carbons (Fsp3) is 0.647. The molecule has 1 atom stereocenters. The van der Waals surface area contributed by atoms with E-state index in [9.17, 15) is 0 Å². The number of rotatable bonds is 3. The molecule has 0 radical (unpaired) electrons. The lowest BCUT2D eigenvalue weighted by Gasteiger charge is -2.29. The first kappa shape index (κ1) is 13.0. The molecule has 2 heteroatoms. The van der Waals surface area contributed by atoms with Gasteiger partial charge in [0.15, 0.2) is 0 Å². The van der Waals surface area contributed by atoms with Gasteiger partial charge in [0, 0.05) is 18.8 Å². The summed E-state index contributed by atoms with van der Waals surface area (Å²) in [6, 6.07) is 9.35. The number of nitrogens with one attached hydrogen (secondary N) is 1. The average molecular weight is 258 g/mol. The first-order valence-corrected chi connectivity index (χ1v) is 7.96. The van der Waals surface area contributed by atoms with Crippen molar-refractivity contribution in [3.63, 3.8) is 0 Å². The molecular weight excluding hydrogens is 232 g/mol. The summed E-state index contributed by atoms with van der Waals surface area (Å²) >= 11 is 0. The predicted octanol–water partition coefficient (Wildman–Crippen LogP) is 3.22. The Morgan fingerprint density at radius 3 is 2.47 bits per heavy atom. The first-order chi connectivity index (χ1) is 9.42. The van der Waals surface area contributed by atoms with Crippen LogP contribution in [0.5, 0.6) is 0 Å². The summed E-state index contributed by atoms with van der Waals surface area (Å²) in [5.74, 6) is 0.842. The van der Waals surface area contributed by atoms with Gasteiger partial charge in [-0.1, -0.05) is 12.1 Å². The smallest absolute Gasteiger partial charge is 0.0366 e. The summed E-state index contributed by atoms with van der Waals surface area (Å²) < 4.78 is 0. The van der Waals surface area contributed by atoms with E-state index < -0.39 is 0 Å². The Kier molecular flexibility index (Phi) is 4.39. The van der Waals surface area contributed by atoms with Gasteiger partial charge in [-0.15, -0.1) is 0 Å². The molecule has 104 valence electrons. The SMILES string of the molecule is c1cc(N2CCCCC2)ccc1CC1CCCNC1. The highest BCUT2D eigenvalue weighted by molar-refractivity contribution is 5.47. The number of hydrogen-bond donors (Lipinski definition) is 1. The summed E-state index contributed by atoms with van der Waals surface area (Å²) in [5.41, 5.74) is 2.93. The number of hydrogen-bond acceptors (Lipinski definition) is 2. The van der Waals surface area contributed by atoms with Crippen LogP contribution in [0.25, 0.3) is 0 Å². The van der Waals surface area contributed by atoms with Crippen LogP contribution in [0.3, 0.4) is 0 Å². The third-order valence-corrected chi connectivity index (χ3v) is 4.58. The zero-order valence-corrected chi connectivity index (χ0v) is 11.9. The monoisotopic (exact) mass is 258 g/mol. The van der Waals surface area contributed by atoms with Crippen LogP contribution in [0.4, 0.5) is 5.69 Å². The van der Waals surface area contributed by atoms with Gasteiger partial charge in [-0.3, -0.25) is 0 Å². The zero-order valence-electron chi connectivity index (χ0n) is 11.9. The first-order valence-electron chi connectivity index (χ1n) is 7.96. The van der Waals surface area contributed by atoms with Crippen LogP contribution in [0.2, 0.25) is 0 Å². The summed E-state index contributed by atoms with van der Waals surface area (Å²) in [6.45, 7) is 4.90. The molecule has 3 rings (SSSR count). The summed E-state index contributed by atoms with van der Waals surface area (Å²) in [6.07, 6.45) is 8.10. The van der Waals surface area contributed by atoms with Crippen LogP contribution in [0.15, 0.2) is 24.3 Å². The molecule has 2 saturated heterocycles. The Hall–Kier alpha value is -1.02. The highest BCUT2D eigenvalue weighted by Gasteiger charge is 2.14. The van der Waals surface area contributed by atoms with E-state index in [1.165, 1.54) is 76.0 Å². The minimum absolute atomic E-state index is 0.842. The molecule has 1 unspecified atom stereocenters. The van der Waals surface area contributed by atoms with E-state index >= 15 is 0 Å². The largest absolute Gasteiger partial charge is 0.372 e. The molecule has 0 bridgehead atoms. The maximum Gasteiger partial charge on any atom is 0.0366 e. The van der Waals surface area contributed by atoms with E-state index in [4.69, 9.17) is 0 Å². The molecule has 1 N–H and O–H groups in total. The van der Waals surface area contributed by atoms with Crippen LogP contribution in [-0.4, -0.2) is 26.2 Å². The Bertz CT molecular complexity index is 373. The van der Waals surface area contributed by atoms with Crippen LogP contribution >= 0.6 is 0 Å². The van der Waals surface area contributed by atoms with Gasteiger partial charge in [-0.05, 0) is 75.2 Å². The van der Waals surface area contributed by atoms with Crippen molar-refractivity contribution in [2.45, 2.75) is 38.5 Å². The van der Waals surface area contributed by atoms with Gasteiger partial charge in [-0.2, -0.15) is 0 Å². The van der Waals surface area contributed by atoms with E-state index in [0.717, 1.165) is 5.92 Å². The second-order valence-electron chi connectivity index (χ2n) is 6.13. The van der Waals surface area contributed by atoms with E-state index in [1.54, 1.807) is 0 Å². The molecule has 0 aliphatic carbocycles. The van der Waals surface area contributed by atoms with Gasteiger partial charge in [0.1, 0.15) is 0 Å². The molecular formula is C17H26N2. The molecule has 2 fully saturated rings. The molecule has 0 spiro atoms. The second kappa shape index (κ2) is 6.42. The zero-order chi connectivity index (χ0) is 12.9. The summed E-state index contributed by atoms with van der Waals surface area (Å²) in [4.78, 5) is 2.54. The lowest BCUT2D eigenvalue weighted by atomic mass is 9.92. The third kappa shape index (κ3) is 3.50. The highest BCUT2D eigenvalue weighted by Crippen LogP contribution is 2.22. The molecule has 1 aromatic carbocycles. The maximum absolute atomic E-state index is 3.51. The minimum Gasteiger partial charge on any atom is -0.372 e. The molecule has 2 heterocycles. The van der Waals surface area contributed by atoms with Gasteiger partial charge in [0.2, 0.25) is 0 Å². The van der Waals surface area contributed by atoms with Crippen molar-refractivity contribution in [3.8, 4) is 0 Å². The molecule has 2 nitrogen and oxygen atoms in total. The lowest BCUT2D eigenvalue weighted by molar-refractivity contribution is 0.376. The van der Waals surface area contributed by atoms with Crippen molar-refractivity contribution in [1.29, 1.82) is 0 Å². The van der Waals surface area contributed by atoms with Crippen molar-refractivity contribution in [1.82, 2.24) is 5.32 Å². The topological polar surface area (TPSA) is 15.3 Å².